The Kier molecular flexibility index (Phi) is 6.40. The van der Waals surface area contributed by atoms with Crippen molar-refractivity contribution in [2.45, 2.75) is 13.8 Å². The number of carbonyl (C=O) groups is 1. The van der Waals surface area contributed by atoms with E-state index in [1.165, 1.54) is 0 Å². The minimum atomic E-state index is -2.18. The quantitative estimate of drug-likeness (QED) is 0.409. The Morgan fingerprint density at radius 2 is 1.40 bits per heavy atom. The van der Waals surface area contributed by atoms with Crippen LogP contribution in [-0.2, 0) is 4.79 Å². The van der Waals surface area contributed by atoms with Crippen LogP contribution in [0.5, 0.6) is 0 Å². The van der Waals surface area contributed by atoms with Crippen LogP contribution in [0.1, 0.15) is 13.8 Å². The largest absolute Gasteiger partial charge is 0.367 e. The first-order chi connectivity index (χ1) is 14.1. The van der Waals surface area contributed by atoms with Crippen LogP contribution in [0.25, 0.3) is 0 Å². The molecular formula is C20H19ClF5N3O. The number of halogens is 6. The van der Waals surface area contributed by atoms with Gasteiger partial charge >= 0.3 is 0 Å². The molecule has 0 saturated carbocycles. The van der Waals surface area contributed by atoms with Crippen LogP contribution in [0.15, 0.2) is 18.2 Å². The number of anilines is 3. The fourth-order valence-electron chi connectivity index (χ4n) is 3.17. The van der Waals surface area contributed by atoms with Crippen LogP contribution in [0, 0.1) is 35.0 Å². The number of benzene rings is 2. The van der Waals surface area contributed by atoms with Gasteiger partial charge in [0.15, 0.2) is 23.3 Å². The van der Waals surface area contributed by atoms with E-state index in [4.69, 9.17) is 11.6 Å². The van der Waals surface area contributed by atoms with Crippen molar-refractivity contribution in [3.63, 3.8) is 0 Å². The highest BCUT2D eigenvalue weighted by Crippen LogP contribution is 2.33. The molecule has 4 nitrogen and oxygen atoms in total. The van der Waals surface area contributed by atoms with Crippen molar-refractivity contribution in [2.75, 3.05) is 41.3 Å². The molecule has 1 fully saturated rings. The third-order valence-corrected chi connectivity index (χ3v) is 5.17. The van der Waals surface area contributed by atoms with E-state index < -0.39 is 34.8 Å². The molecule has 0 radical (unpaired) electrons. The van der Waals surface area contributed by atoms with Crippen molar-refractivity contribution in [2.24, 2.45) is 5.92 Å². The van der Waals surface area contributed by atoms with Gasteiger partial charge < -0.3 is 15.1 Å². The Bertz CT molecular complexity index is 948. The van der Waals surface area contributed by atoms with E-state index in [1.807, 2.05) is 4.90 Å². The zero-order valence-corrected chi connectivity index (χ0v) is 17.0. The number of piperazine rings is 1. The lowest BCUT2D eigenvalue weighted by atomic mass is 10.1. The summed E-state index contributed by atoms with van der Waals surface area (Å²) in [4.78, 5) is 14.8. The predicted octanol–water partition coefficient (Wildman–Crippen LogP) is 4.96. The Labute approximate surface area is 175 Å². The highest BCUT2D eigenvalue weighted by molar-refractivity contribution is 6.33. The Morgan fingerprint density at radius 1 is 0.900 bits per heavy atom. The second-order valence-electron chi connectivity index (χ2n) is 7.20. The van der Waals surface area contributed by atoms with E-state index in [-0.39, 0.29) is 38.0 Å². The molecule has 0 atom stereocenters. The van der Waals surface area contributed by atoms with Gasteiger partial charge in [0.05, 0.1) is 10.7 Å². The molecule has 1 aliphatic heterocycles. The Balaban J connectivity index is 1.75. The molecule has 2 aromatic carbocycles. The first kappa shape index (κ1) is 22.1. The molecule has 3 rings (SSSR count). The molecule has 162 valence electrons. The average molecular weight is 448 g/mol. The van der Waals surface area contributed by atoms with Crippen molar-refractivity contribution in [3.8, 4) is 0 Å². The van der Waals surface area contributed by atoms with Crippen molar-refractivity contribution in [1.82, 2.24) is 0 Å². The molecule has 0 aromatic heterocycles. The monoisotopic (exact) mass is 447 g/mol. The number of amides is 1. The van der Waals surface area contributed by atoms with E-state index in [9.17, 15) is 26.7 Å². The number of rotatable bonds is 4. The topological polar surface area (TPSA) is 35.6 Å². The molecule has 1 N–H and O–H groups in total. The molecular weight excluding hydrogens is 429 g/mol. The normalized spacial score (nSPS) is 14.4. The van der Waals surface area contributed by atoms with Gasteiger partial charge in [-0.05, 0) is 18.2 Å². The summed E-state index contributed by atoms with van der Waals surface area (Å²) >= 11 is 6.32. The molecule has 0 bridgehead atoms. The molecule has 0 spiro atoms. The third kappa shape index (κ3) is 4.16. The van der Waals surface area contributed by atoms with Crippen LogP contribution >= 0.6 is 11.6 Å². The summed E-state index contributed by atoms with van der Waals surface area (Å²) in [5.41, 5.74) is 0.239. The summed E-state index contributed by atoms with van der Waals surface area (Å²) < 4.78 is 68.3. The van der Waals surface area contributed by atoms with Crippen molar-refractivity contribution in [1.29, 1.82) is 0 Å². The number of nitrogens with one attached hydrogen (secondary N) is 1. The van der Waals surface area contributed by atoms with E-state index >= 15 is 0 Å². The summed E-state index contributed by atoms with van der Waals surface area (Å²) in [6.07, 6.45) is 0. The lowest BCUT2D eigenvalue weighted by molar-refractivity contribution is -0.118. The average Bonchev–Trinajstić information content (AvgIpc) is 2.71. The molecule has 2 aromatic rings. The van der Waals surface area contributed by atoms with Crippen LogP contribution in [0.2, 0.25) is 5.02 Å². The Morgan fingerprint density at radius 3 is 1.90 bits per heavy atom. The maximum atomic E-state index is 14.0. The number of nitrogens with zero attached hydrogens (tertiary/aromatic N) is 2. The smallest absolute Gasteiger partial charge is 0.226 e. The zero-order valence-electron chi connectivity index (χ0n) is 16.2. The minimum Gasteiger partial charge on any atom is -0.367 e. The third-order valence-electron chi connectivity index (χ3n) is 4.86. The summed E-state index contributed by atoms with van der Waals surface area (Å²) in [7, 11) is 0. The van der Waals surface area contributed by atoms with Gasteiger partial charge in [-0.25, -0.2) is 22.0 Å². The number of hydrogen-bond acceptors (Lipinski definition) is 3. The summed E-state index contributed by atoms with van der Waals surface area (Å²) in [6.45, 7) is 4.07. The van der Waals surface area contributed by atoms with E-state index in [0.29, 0.717) is 16.4 Å². The zero-order chi connectivity index (χ0) is 22.2. The molecule has 1 aliphatic rings. The maximum absolute atomic E-state index is 14.0. The Hall–Kier alpha value is -2.55. The van der Waals surface area contributed by atoms with Crippen LogP contribution in [0.4, 0.5) is 39.0 Å². The number of carbonyl (C=O) groups excluding carboxylic acids is 1. The van der Waals surface area contributed by atoms with E-state index in [1.54, 1.807) is 32.0 Å². The molecule has 0 aliphatic carbocycles. The predicted molar refractivity (Wildman–Crippen MR) is 106 cm³/mol. The van der Waals surface area contributed by atoms with Crippen LogP contribution < -0.4 is 15.1 Å². The van der Waals surface area contributed by atoms with Gasteiger partial charge in [0.25, 0.3) is 0 Å². The molecule has 1 saturated heterocycles. The molecule has 1 heterocycles. The van der Waals surface area contributed by atoms with Crippen molar-refractivity contribution < 1.29 is 26.7 Å². The minimum absolute atomic E-state index is 0.0283. The highest BCUT2D eigenvalue weighted by Gasteiger charge is 2.31. The van der Waals surface area contributed by atoms with Crippen LogP contribution in [-0.4, -0.2) is 32.1 Å². The van der Waals surface area contributed by atoms with Crippen molar-refractivity contribution in [3.05, 3.63) is 52.3 Å². The van der Waals surface area contributed by atoms with Gasteiger partial charge in [0.2, 0.25) is 11.7 Å². The summed E-state index contributed by atoms with van der Waals surface area (Å²) in [6, 6.07) is 4.97. The van der Waals surface area contributed by atoms with E-state index in [2.05, 4.69) is 5.32 Å². The second-order valence-corrected chi connectivity index (χ2v) is 7.61. The van der Waals surface area contributed by atoms with Gasteiger partial charge in [0.1, 0.15) is 5.69 Å². The van der Waals surface area contributed by atoms with Crippen LogP contribution in [0.3, 0.4) is 0 Å². The summed E-state index contributed by atoms with van der Waals surface area (Å²) in [5, 5.41) is 3.10. The highest BCUT2D eigenvalue weighted by atomic mass is 35.5. The fourth-order valence-corrected chi connectivity index (χ4v) is 3.47. The molecule has 0 unspecified atom stereocenters. The SMILES string of the molecule is CC(C)C(=O)Nc1ccc(N2CCN(c3c(F)c(F)c(F)c(F)c3F)CC2)c(Cl)c1. The fraction of sp³-hybridized carbons (Fsp3) is 0.350. The van der Waals surface area contributed by atoms with Gasteiger partial charge in [-0.3, -0.25) is 4.79 Å². The first-order valence-corrected chi connectivity index (χ1v) is 9.61. The van der Waals surface area contributed by atoms with Gasteiger partial charge in [-0.15, -0.1) is 0 Å². The lowest BCUT2D eigenvalue weighted by Gasteiger charge is -2.38. The lowest BCUT2D eigenvalue weighted by Crippen LogP contribution is -2.47. The van der Waals surface area contributed by atoms with Gasteiger partial charge in [-0.1, -0.05) is 25.4 Å². The number of hydrogen-bond donors (Lipinski definition) is 1. The molecule has 10 heteroatoms. The van der Waals surface area contributed by atoms with Crippen molar-refractivity contribution >= 4 is 34.6 Å². The first-order valence-electron chi connectivity index (χ1n) is 9.23. The summed E-state index contributed by atoms with van der Waals surface area (Å²) in [5.74, 6) is -10.1. The van der Waals surface area contributed by atoms with Gasteiger partial charge in [0, 0.05) is 37.8 Å². The molecule has 1 amide bonds. The molecule has 30 heavy (non-hydrogen) atoms. The second kappa shape index (κ2) is 8.67. The standard InChI is InChI=1S/C20H19ClF5N3O/c1-10(2)20(30)27-11-3-4-13(12(21)9-11)28-5-7-29(8-6-28)19-17(25)15(23)14(22)16(24)18(19)26/h3-4,9-10H,5-8H2,1-2H3,(H,27,30). The maximum Gasteiger partial charge on any atom is 0.226 e. The van der Waals surface area contributed by atoms with E-state index in [0.717, 1.165) is 4.90 Å². The van der Waals surface area contributed by atoms with Gasteiger partial charge in [-0.2, -0.15) is 0 Å².